The molecule has 2 atom stereocenters. The van der Waals surface area contributed by atoms with Crippen molar-refractivity contribution in [1.82, 2.24) is 9.55 Å². The summed E-state index contributed by atoms with van der Waals surface area (Å²) < 4.78 is 18.1. The minimum absolute atomic E-state index is 0.204. The number of anilines is 1. The highest BCUT2D eigenvalue weighted by atomic mass is 16.7. The van der Waals surface area contributed by atoms with Gasteiger partial charge in [0.05, 0.1) is 19.8 Å². The molecular formula is C17H19N3O5. The van der Waals surface area contributed by atoms with Crippen LogP contribution in [0.5, 0.6) is 0 Å². The van der Waals surface area contributed by atoms with Crippen molar-refractivity contribution in [2.45, 2.75) is 26.0 Å². The topological polar surface area (TPSA) is 91.7 Å². The summed E-state index contributed by atoms with van der Waals surface area (Å²) in [5.41, 5.74) is 0.539. The van der Waals surface area contributed by atoms with E-state index in [9.17, 15) is 9.59 Å². The molecule has 1 fully saturated rings. The van der Waals surface area contributed by atoms with Gasteiger partial charge in [-0.3, -0.25) is 9.36 Å². The lowest BCUT2D eigenvalue weighted by Gasteiger charge is -2.14. The van der Waals surface area contributed by atoms with Gasteiger partial charge in [0.2, 0.25) is 5.91 Å². The second-order valence-corrected chi connectivity index (χ2v) is 5.54. The Balaban J connectivity index is 1.52. The summed E-state index contributed by atoms with van der Waals surface area (Å²) in [4.78, 5) is 26.8. The molecule has 0 aliphatic carbocycles. The van der Waals surface area contributed by atoms with Crippen molar-refractivity contribution >= 4 is 11.7 Å². The van der Waals surface area contributed by atoms with Gasteiger partial charge in [0.1, 0.15) is 5.82 Å². The Bertz CT molecular complexity index is 777. The molecule has 8 heteroatoms. The molecule has 1 amide bonds. The van der Waals surface area contributed by atoms with E-state index in [1.807, 2.05) is 30.3 Å². The normalized spacial score (nSPS) is 19.7. The lowest BCUT2D eigenvalue weighted by atomic mass is 10.2. The number of carbonyl (C=O) groups is 1. The van der Waals surface area contributed by atoms with Gasteiger partial charge in [-0.2, -0.15) is 4.98 Å². The Labute approximate surface area is 144 Å². The van der Waals surface area contributed by atoms with E-state index in [0.29, 0.717) is 6.61 Å². The first-order valence-electron chi connectivity index (χ1n) is 7.87. The molecule has 0 bridgehead atoms. The smallest absolute Gasteiger partial charge is 0.351 e. The van der Waals surface area contributed by atoms with Crippen LogP contribution in [0.4, 0.5) is 5.82 Å². The van der Waals surface area contributed by atoms with Crippen LogP contribution in [0.25, 0.3) is 0 Å². The van der Waals surface area contributed by atoms with Gasteiger partial charge in [-0.25, -0.2) is 4.79 Å². The zero-order chi connectivity index (χ0) is 17.6. The minimum Gasteiger partial charge on any atom is -0.371 e. The summed E-state index contributed by atoms with van der Waals surface area (Å²) in [7, 11) is 0. The van der Waals surface area contributed by atoms with Crippen molar-refractivity contribution in [2.24, 2.45) is 0 Å². The summed E-state index contributed by atoms with van der Waals surface area (Å²) in [5, 5.41) is 2.46. The van der Waals surface area contributed by atoms with E-state index < -0.39 is 18.2 Å². The second-order valence-electron chi connectivity index (χ2n) is 5.54. The standard InChI is InChI=1S/C17H19N3O5/c1-12(21)18-14-7-8-20(17(22)19-14)15-10-24-16(25-15)11-23-9-13-5-3-2-4-6-13/h2-8,15-16H,9-11H2,1H3,(H,18,19,21,22)/t15-,16?/m0/s1. The predicted molar refractivity (Wildman–Crippen MR) is 88.8 cm³/mol. The molecule has 1 aliphatic rings. The van der Waals surface area contributed by atoms with E-state index in [2.05, 4.69) is 10.3 Å². The maximum atomic E-state index is 12.0. The van der Waals surface area contributed by atoms with Crippen LogP contribution in [-0.4, -0.2) is 35.0 Å². The first-order chi connectivity index (χ1) is 12.1. The summed E-state index contributed by atoms with van der Waals surface area (Å²) in [6.45, 7) is 2.29. The van der Waals surface area contributed by atoms with Crippen molar-refractivity contribution in [3.05, 3.63) is 58.6 Å². The molecule has 8 nitrogen and oxygen atoms in total. The Morgan fingerprint density at radius 1 is 1.36 bits per heavy atom. The quantitative estimate of drug-likeness (QED) is 0.848. The number of aromatic nitrogens is 2. The zero-order valence-corrected chi connectivity index (χ0v) is 13.8. The van der Waals surface area contributed by atoms with Gasteiger partial charge in [-0.15, -0.1) is 0 Å². The van der Waals surface area contributed by atoms with E-state index in [1.54, 1.807) is 0 Å². The summed E-state index contributed by atoms with van der Waals surface area (Å²) in [5.74, 6) is -0.0869. The van der Waals surface area contributed by atoms with Crippen molar-refractivity contribution in [3.63, 3.8) is 0 Å². The molecule has 1 saturated heterocycles. The Hall–Kier alpha value is -2.55. The Kier molecular flexibility index (Phi) is 5.54. The largest absolute Gasteiger partial charge is 0.371 e. The van der Waals surface area contributed by atoms with Crippen LogP contribution < -0.4 is 11.0 Å². The third kappa shape index (κ3) is 4.72. The zero-order valence-electron chi connectivity index (χ0n) is 13.8. The third-order valence-corrected chi connectivity index (χ3v) is 3.54. The first-order valence-corrected chi connectivity index (χ1v) is 7.87. The van der Waals surface area contributed by atoms with E-state index in [1.165, 1.54) is 23.8 Å². The van der Waals surface area contributed by atoms with Crippen molar-refractivity contribution in [1.29, 1.82) is 0 Å². The lowest BCUT2D eigenvalue weighted by molar-refractivity contribution is -0.118. The maximum absolute atomic E-state index is 12.0. The average molecular weight is 345 g/mol. The molecule has 1 aromatic heterocycles. The van der Waals surface area contributed by atoms with Gasteiger partial charge in [-0.05, 0) is 11.6 Å². The number of amides is 1. The highest BCUT2D eigenvalue weighted by molar-refractivity contribution is 5.87. The number of benzene rings is 1. The Morgan fingerprint density at radius 3 is 2.88 bits per heavy atom. The van der Waals surface area contributed by atoms with Gasteiger partial charge in [0.25, 0.3) is 0 Å². The molecule has 0 radical (unpaired) electrons. The highest BCUT2D eigenvalue weighted by Crippen LogP contribution is 2.20. The minimum atomic E-state index is -0.572. The summed E-state index contributed by atoms with van der Waals surface area (Å²) in [6.07, 6.45) is 0.398. The van der Waals surface area contributed by atoms with E-state index in [4.69, 9.17) is 14.2 Å². The first kappa shape index (κ1) is 17.3. The average Bonchev–Trinajstić information content (AvgIpc) is 3.04. The molecule has 132 valence electrons. The van der Waals surface area contributed by atoms with Crippen LogP contribution in [0.15, 0.2) is 47.4 Å². The summed E-state index contributed by atoms with van der Waals surface area (Å²) in [6, 6.07) is 11.3. The number of nitrogens with one attached hydrogen (secondary N) is 1. The van der Waals surface area contributed by atoms with Crippen LogP contribution in [0.2, 0.25) is 0 Å². The fourth-order valence-electron chi connectivity index (χ4n) is 2.41. The lowest BCUT2D eigenvalue weighted by Crippen LogP contribution is -2.29. The van der Waals surface area contributed by atoms with Gasteiger partial charge >= 0.3 is 5.69 Å². The summed E-state index contributed by atoms with van der Waals surface area (Å²) >= 11 is 0. The molecule has 25 heavy (non-hydrogen) atoms. The van der Waals surface area contributed by atoms with E-state index in [0.717, 1.165) is 5.56 Å². The van der Waals surface area contributed by atoms with Crippen LogP contribution in [0.3, 0.4) is 0 Å². The molecule has 3 rings (SSSR count). The van der Waals surface area contributed by atoms with E-state index in [-0.39, 0.29) is 24.9 Å². The monoisotopic (exact) mass is 345 g/mol. The highest BCUT2D eigenvalue weighted by Gasteiger charge is 2.28. The number of ether oxygens (including phenoxy) is 3. The number of nitrogens with zero attached hydrogens (tertiary/aromatic N) is 2. The molecule has 2 heterocycles. The maximum Gasteiger partial charge on any atom is 0.351 e. The molecule has 0 spiro atoms. The van der Waals surface area contributed by atoms with Crippen LogP contribution in [0, 0.1) is 0 Å². The molecular weight excluding hydrogens is 326 g/mol. The SMILES string of the molecule is CC(=O)Nc1ccn([C@@H]2COC(COCc3ccccc3)O2)c(=O)n1. The van der Waals surface area contributed by atoms with Crippen molar-refractivity contribution in [2.75, 3.05) is 18.5 Å². The number of hydrogen-bond acceptors (Lipinski definition) is 6. The molecule has 2 aromatic rings. The Morgan fingerprint density at radius 2 is 2.16 bits per heavy atom. The van der Waals surface area contributed by atoms with Crippen LogP contribution in [0.1, 0.15) is 18.7 Å². The molecule has 1 N–H and O–H groups in total. The molecule has 1 aliphatic heterocycles. The fourth-order valence-corrected chi connectivity index (χ4v) is 2.41. The molecule has 1 unspecified atom stereocenters. The van der Waals surface area contributed by atoms with Crippen molar-refractivity contribution < 1.29 is 19.0 Å². The van der Waals surface area contributed by atoms with Gasteiger partial charge in [0, 0.05) is 13.1 Å². The number of hydrogen-bond donors (Lipinski definition) is 1. The van der Waals surface area contributed by atoms with Crippen LogP contribution >= 0.6 is 0 Å². The van der Waals surface area contributed by atoms with Crippen molar-refractivity contribution in [3.8, 4) is 0 Å². The fraction of sp³-hybridized carbons (Fsp3) is 0.353. The van der Waals surface area contributed by atoms with E-state index >= 15 is 0 Å². The molecule has 0 saturated carbocycles. The molecule has 1 aromatic carbocycles. The van der Waals surface area contributed by atoms with Gasteiger partial charge in [-0.1, -0.05) is 30.3 Å². The van der Waals surface area contributed by atoms with Crippen LogP contribution in [-0.2, 0) is 25.6 Å². The predicted octanol–water partition coefficient (Wildman–Crippen LogP) is 1.29. The van der Waals surface area contributed by atoms with Gasteiger partial charge < -0.3 is 19.5 Å². The number of rotatable bonds is 6. The third-order valence-electron chi connectivity index (χ3n) is 3.54. The van der Waals surface area contributed by atoms with Gasteiger partial charge in [0.15, 0.2) is 12.5 Å². The number of carbonyl (C=O) groups excluding carboxylic acids is 1. The second kappa shape index (κ2) is 8.02.